The summed E-state index contributed by atoms with van der Waals surface area (Å²) in [4.78, 5) is 12.3. The molecule has 0 aromatic carbocycles. The van der Waals surface area contributed by atoms with E-state index in [4.69, 9.17) is 5.73 Å². The van der Waals surface area contributed by atoms with Crippen molar-refractivity contribution in [1.82, 2.24) is 15.5 Å². The molecule has 0 saturated heterocycles. The Morgan fingerprint density at radius 2 is 2.20 bits per heavy atom. The van der Waals surface area contributed by atoms with Crippen molar-refractivity contribution in [3.8, 4) is 0 Å². The molecule has 0 radical (unpaired) electrons. The molecule has 4 N–H and O–H groups in total. The Morgan fingerprint density at radius 1 is 1.50 bits per heavy atom. The lowest BCUT2D eigenvalue weighted by Gasteiger charge is -2.20. The highest BCUT2D eigenvalue weighted by Gasteiger charge is 2.33. The minimum Gasteiger partial charge on any atom is -0.395 e. The predicted octanol–water partition coefficient (Wildman–Crippen LogP) is 2.67. The van der Waals surface area contributed by atoms with Gasteiger partial charge in [0.15, 0.2) is 5.69 Å². The summed E-state index contributed by atoms with van der Waals surface area (Å²) in [6, 6.07) is 0.242. The van der Waals surface area contributed by atoms with Crippen molar-refractivity contribution in [2.75, 3.05) is 5.73 Å². The van der Waals surface area contributed by atoms with Gasteiger partial charge in [-0.2, -0.15) is 5.10 Å². The van der Waals surface area contributed by atoms with Crippen molar-refractivity contribution >= 4 is 11.6 Å². The van der Waals surface area contributed by atoms with Crippen molar-refractivity contribution < 1.29 is 4.79 Å². The van der Waals surface area contributed by atoms with Gasteiger partial charge in [0.05, 0.1) is 11.4 Å². The molecule has 112 valence electrons. The van der Waals surface area contributed by atoms with Gasteiger partial charge in [-0.25, -0.2) is 0 Å². The topological polar surface area (TPSA) is 83.8 Å². The number of nitrogen functional groups attached to an aromatic ring is 1. The summed E-state index contributed by atoms with van der Waals surface area (Å²) in [5.41, 5.74) is 7.66. The molecule has 3 atom stereocenters. The van der Waals surface area contributed by atoms with Gasteiger partial charge in [-0.1, -0.05) is 34.1 Å². The first-order chi connectivity index (χ1) is 9.45. The summed E-state index contributed by atoms with van der Waals surface area (Å²) >= 11 is 0. The van der Waals surface area contributed by atoms with Crippen LogP contribution in [-0.2, 0) is 0 Å². The third kappa shape index (κ3) is 2.67. The Balaban J connectivity index is 2.06. The minimum atomic E-state index is -0.153. The summed E-state index contributed by atoms with van der Waals surface area (Å²) in [7, 11) is 0. The molecule has 1 heterocycles. The number of hydrogen-bond acceptors (Lipinski definition) is 3. The molecule has 0 aliphatic heterocycles. The number of rotatable bonds is 4. The molecule has 3 unspecified atom stereocenters. The number of aromatic amines is 1. The Morgan fingerprint density at radius 3 is 2.70 bits per heavy atom. The summed E-state index contributed by atoms with van der Waals surface area (Å²) in [5, 5.41) is 10.1. The zero-order valence-electron chi connectivity index (χ0n) is 12.9. The van der Waals surface area contributed by atoms with E-state index in [2.05, 4.69) is 29.4 Å². The van der Waals surface area contributed by atoms with Crippen LogP contribution in [0.3, 0.4) is 0 Å². The average Bonchev–Trinajstić information content (AvgIpc) is 2.94. The highest BCUT2D eigenvalue weighted by molar-refractivity contribution is 5.97. The molecule has 1 fully saturated rings. The number of amides is 1. The summed E-state index contributed by atoms with van der Waals surface area (Å²) in [5.74, 6) is 1.31. The fraction of sp³-hybridized carbons (Fsp3) is 0.733. The van der Waals surface area contributed by atoms with Crippen molar-refractivity contribution in [2.45, 2.75) is 58.9 Å². The zero-order valence-corrected chi connectivity index (χ0v) is 12.9. The molecule has 5 nitrogen and oxygen atoms in total. The van der Waals surface area contributed by atoms with E-state index in [-0.39, 0.29) is 17.9 Å². The summed E-state index contributed by atoms with van der Waals surface area (Å²) < 4.78 is 0. The monoisotopic (exact) mass is 278 g/mol. The second-order valence-electron chi connectivity index (χ2n) is 6.24. The van der Waals surface area contributed by atoms with Gasteiger partial charge in [-0.15, -0.1) is 0 Å². The minimum absolute atomic E-state index is 0.153. The Kier molecular flexibility index (Phi) is 4.35. The maximum absolute atomic E-state index is 12.3. The van der Waals surface area contributed by atoms with Gasteiger partial charge in [0.25, 0.3) is 5.91 Å². The van der Waals surface area contributed by atoms with E-state index < -0.39 is 0 Å². The smallest absolute Gasteiger partial charge is 0.274 e. The van der Waals surface area contributed by atoms with Gasteiger partial charge in [-0.05, 0) is 30.6 Å². The largest absolute Gasteiger partial charge is 0.395 e. The number of nitrogens with one attached hydrogen (secondary N) is 2. The standard InChI is InChI=1S/C15H26N4O/c1-5-10-6-7-11(9(10)4)17-15(20)14-12(16)13(8(2)3)18-19-14/h8-11H,5-7,16H2,1-4H3,(H,17,20)(H,18,19). The van der Waals surface area contributed by atoms with Gasteiger partial charge < -0.3 is 11.1 Å². The number of H-pyrrole nitrogens is 1. The number of hydrogen-bond donors (Lipinski definition) is 3. The Labute approximate surface area is 120 Å². The first-order valence-electron chi connectivity index (χ1n) is 7.60. The first-order valence-corrected chi connectivity index (χ1v) is 7.60. The number of nitrogens with zero attached hydrogens (tertiary/aromatic N) is 1. The van der Waals surface area contributed by atoms with Crippen LogP contribution in [0.2, 0.25) is 0 Å². The predicted molar refractivity (Wildman–Crippen MR) is 80.5 cm³/mol. The molecular weight excluding hydrogens is 252 g/mol. The van der Waals surface area contributed by atoms with Crippen molar-refractivity contribution in [3.63, 3.8) is 0 Å². The van der Waals surface area contributed by atoms with E-state index in [9.17, 15) is 4.79 Å². The van der Waals surface area contributed by atoms with Crippen LogP contribution >= 0.6 is 0 Å². The Bertz CT molecular complexity index is 480. The third-order valence-electron chi connectivity index (χ3n) is 4.69. The van der Waals surface area contributed by atoms with Gasteiger partial charge in [0.2, 0.25) is 0 Å². The lowest BCUT2D eigenvalue weighted by atomic mass is 9.93. The molecule has 2 rings (SSSR count). The van der Waals surface area contributed by atoms with Gasteiger partial charge in [-0.3, -0.25) is 9.89 Å². The van der Waals surface area contributed by atoms with Crippen LogP contribution in [-0.4, -0.2) is 22.1 Å². The molecule has 0 spiro atoms. The quantitative estimate of drug-likeness (QED) is 0.791. The molecule has 1 saturated carbocycles. The average molecular weight is 278 g/mol. The van der Waals surface area contributed by atoms with E-state index >= 15 is 0 Å². The van der Waals surface area contributed by atoms with E-state index in [0.29, 0.717) is 23.2 Å². The zero-order chi connectivity index (χ0) is 14.9. The molecule has 1 aliphatic carbocycles. The molecule has 1 aliphatic rings. The summed E-state index contributed by atoms with van der Waals surface area (Å²) in [6.45, 7) is 8.48. The molecule has 1 aromatic heterocycles. The highest BCUT2D eigenvalue weighted by atomic mass is 16.2. The van der Waals surface area contributed by atoms with Gasteiger partial charge in [0.1, 0.15) is 0 Å². The maximum atomic E-state index is 12.3. The van der Waals surface area contributed by atoms with E-state index in [1.807, 2.05) is 13.8 Å². The van der Waals surface area contributed by atoms with Crippen LogP contribution in [0, 0.1) is 11.8 Å². The van der Waals surface area contributed by atoms with Crippen molar-refractivity contribution in [2.24, 2.45) is 11.8 Å². The molecular formula is C15H26N4O. The van der Waals surface area contributed by atoms with Gasteiger partial charge in [0, 0.05) is 6.04 Å². The van der Waals surface area contributed by atoms with E-state index in [0.717, 1.165) is 12.1 Å². The van der Waals surface area contributed by atoms with Crippen LogP contribution in [0.15, 0.2) is 0 Å². The lowest BCUT2D eigenvalue weighted by Crippen LogP contribution is -2.38. The lowest BCUT2D eigenvalue weighted by molar-refractivity contribution is 0.0922. The molecule has 1 aromatic rings. The number of anilines is 1. The molecule has 0 bridgehead atoms. The van der Waals surface area contributed by atoms with E-state index in [1.165, 1.54) is 12.8 Å². The van der Waals surface area contributed by atoms with Crippen LogP contribution < -0.4 is 11.1 Å². The summed E-state index contributed by atoms with van der Waals surface area (Å²) in [6.07, 6.45) is 3.41. The fourth-order valence-corrected chi connectivity index (χ4v) is 3.24. The van der Waals surface area contributed by atoms with E-state index in [1.54, 1.807) is 0 Å². The maximum Gasteiger partial charge on any atom is 0.274 e. The number of carbonyl (C=O) groups is 1. The number of carbonyl (C=O) groups excluding carboxylic acids is 1. The highest BCUT2D eigenvalue weighted by Crippen LogP contribution is 2.34. The van der Waals surface area contributed by atoms with Crippen LogP contribution in [0.1, 0.15) is 69.1 Å². The van der Waals surface area contributed by atoms with Crippen molar-refractivity contribution in [1.29, 1.82) is 0 Å². The molecule has 1 amide bonds. The first kappa shape index (κ1) is 14.9. The van der Waals surface area contributed by atoms with Crippen LogP contribution in [0.5, 0.6) is 0 Å². The van der Waals surface area contributed by atoms with Gasteiger partial charge >= 0.3 is 0 Å². The van der Waals surface area contributed by atoms with Crippen LogP contribution in [0.4, 0.5) is 5.69 Å². The van der Waals surface area contributed by atoms with Crippen molar-refractivity contribution in [3.05, 3.63) is 11.4 Å². The second-order valence-corrected chi connectivity index (χ2v) is 6.24. The molecule has 5 heteroatoms. The molecule has 20 heavy (non-hydrogen) atoms. The SMILES string of the molecule is CCC1CCC(NC(=O)c2n[nH]c(C(C)C)c2N)C1C. The van der Waals surface area contributed by atoms with Crippen LogP contribution in [0.25, 0.3) is 0 Å². The number of nitrogens with two attached hydrogens (primary N) is 1. The third-order valence-corrected chi connectivity index (χ3v) is 4.69. The fourth-order valence-electron chi connectivity index (χ4n) is 3.24. The second kappa shape index (κ2) is 5.85. The Hall–Kier alpha value is -1.52. The number of aromatic nitrogens is 2. The normalized spacial score (nSPS) is 26.1.